The molecule has 0 fully saturated rings. The zero-order chi connectivity index (χ0) is 13.0. The van der Waals surface area contributed by atoms with E-state index in [0.29, 0.717) is 0 Å². The van der Waals surface area contributed by atoms with Gasteiger partial charge in [-0.25, -0.2) is 0 Å². The van der Waals surface area contributed by atoms with Gasteiger partial charge in [-0.3, -0.25) is 4.68 Å². The minimum atomic E-state index is 0.200. The Balaban J connectivity index is 2.05. The number of aryl methyl sites for hydroxylation is 1. The van der Waals surface area contributed by atoms with Gasteiger partial charge in [-0.05, 0) is 19.2 Å². The fourth-order valence-electron chi connectivity index (χ4n) is 1.66. The first-order chi connectivity index (χ1) is 8.72. The summed E-state index contributed by atoms with van der Waals surface area (Å²) in [6.45, 7) is 0. The third kappa shape index (κ3) is 3.04. The number of hydrogen-bond acceptors (Lipinski definition) is 4. The SMILES string of the molecule is CNC(CSc1ccccc1Cl)c1cnnn1C. The molecule has 1 N–H and O–H groups in total. The molecule has 0 bridgehead atoms. The molecule has 0 aliphatic rings. The van der Waals surface area contributed by atoms with Gasteiger partial charge in [0.1, 0.15) is 0 Å². The maximum absolute atomic E-state index is 6.14. The average Bonchev–Trinajstić information content (AvgIpc) is 2.79. The van der Waals surface area contributed by atoms with Crippen molar-refractivity contribution in [2.75, 3.05) is 12.8 Å². The van der Waals surface area contributed by atoms with Crippen molar-refractivity contribution in [1.29, 1.82) is 0 Å². The minimum Gasteiger partial charge on any atom is -0.311 e. The van der Waals surface area contributed by atoms with Crippen LogP contribution >= 0.6 is 23.4 Å². The molecule has 6 heteroatoms. The molecule has 1 aromatic carbocycles. The summed E-state index contributed by atoms with van der Waals surface area (Å²) in [4.78, 5) is 1.09. The van der Waals surface area contributed by atoms with Crippen molar-refractivity contribution in [3.8, 4) is 0 Å². The van der Waals surface area contributed by atoms with Gasteiger partial charge >= 0.3 is 0 Å². The highest BCUT2D eigenvalue weighted by atomic mass is 35.5. The molecule has 1 aromatic heterocycles. The molecular weight excluding hydrogens is 268 g/mol. The lowest BCUT2D eigenvalue weighted by molar-refractivity contribution is 0.580. The molecule has 0 aliphatic heterocycles. The lowest BCUT2D eigenvalue weighted by Crippen LogP contribution is -2.21. The molecule has 0 spiro atoms. The normalized spacial score (nSPS) is 12.6. The fraction of sp³-hybridized carbons (Fsp3) is 0.333. The van der Waals surface area contributed by atoms with Gasteiger partial charge < -0.3 is 5.32 Å². The Bertz CT molecular complexity index is 514. The molecule has 0 saturated heterocycles. The predicted octanol–water partition coefficient (Wildman–Crippen LogP) is 2.52. The first-order valence-electron chi connectivity index (χ1n) is 5.61. The number of rotatable bonds is 5. The smallest absolute Gasteiger partial charge is 0.0761 e. The highest BCUT2D eigenvalue weighted by Crippen LogP contribution is 2.29. The second-order valence-corrected chi connectivity index (χ2v) is 5.33. The Kier molecular flexibility index (Phi) is 4.63. The van der Waals surface area contributed by atoms with Gasteiger partial charge in [-0.15, -0.1) is 16.9 Å². The largest absolute Gasteiger partial charge is 0.311 e. The monoisotopic (exact) mass is 282 g/mol. The molecule has 18 heavy (non-hydrogen) atoms. The number of aromatic nitrogens is 3. The lowest BCUT2D eigenvalue weighted by atomic mass is 10.2. The van der Waals surface area contributed by atoms with Crippen LogP contribution in [0.1, 0.15) is 11.7 Å². The molecule has 0 aliphatic carbocycles. The molecule has 2 aromatic rings. The van der Waals surface area contributed by atoms with Gasteiger partial charge in [0.05, 0.1) is 23.0 Å². The van der Waals surface area contributed by atoms with E-state index >= 15 is 0 Å². The molecule has 1 heterocycles. The molecule has 0 amide bonds. The van der Waals surface area contributed by atoms with Gasteiger partial charge in [0.15, 0.2) is 0 Å². The predicted molar refractivity (Wildman–Crippen MR) is 75.0 cm³/mol. The summed E-state index contributed by atoms with van der Waals surface area (Å²) in [5.74, 6) is 0.876. The van der Waals surface area contributed by atoms with Crippen molar-refractivity contribution in [3.63, 3.8) is 0 Å². The van der Waals surface area contributed by atoms with Crippen LogP contribution < -0.4 is 5.32 Å². The van der Waals surface area contributed by atoms with E-state index in [0.717, 1.165) is 21.4 Å². The zero-order valence-corrected chi connectivity index (χ0v) is 11.9. The number of benzene rings is 1. The Morgan fingerprint density at radius 2 is 2.22 bits per heavy atom. The van der Waals surface area contributed by atoms with Crippen molar-refractivity contribution in [2.45, 2.75) is 10.9 Å². The van der Waals surface area contributed by atoms with E-state index in [1.54, 1.807) is 22.6 Å². The summed E-state index contributed by atoms with van der Waals surface area (Å²) in [6, 6.07) is 8.07. The number of hydrogen-bond donors (Lipinski definition) is 1. The van der Waals surface area contributed by atoms with Crippen LogP contribution in [0.5, 0.6) is 0 Å². The van der Waals surface area contributed by atoms with E-state index in [-0.39, 0.29) is 6.04 Å². The standard InChI is InChI=1S/C12H15ClN4S/c1-14-10(11-7-15-16-17(11)2)8-18-12-6-4-3-5-9(12)13/h3-7,10,14H,8H2,1-2H3. The van der Waals surface area contributed by atoms with E-state index < -0.39 is 0 Å². The van der Waals surface area contributed by atoms with Crippen LogP contribution in [0.3, 0.4) is 0 Å². The summed E-state index contributed by atoms with van der Waals surface area (Å²) >= 11 is 7.86. The summed E-state index contributed by atoms with van der Waals surface area (Å²) in [6.07, 6.45) is 1.79. The van der Waals surface area contributed by atoms with E-state index in [4.69, 9.17) is 11.6 Å². The van der Waals surface area contributed by atoms with Crippen LogP contribution in [0.25, 0.3) is 0 Å². The number of thioether (sulfide) groups is 1. The van der Waals surface area contributed by atoms with Crippen LogP contribution in [-0.2, 0) is 7.05 Å². The second-order valence-electron chi connectivity index (χ2n) is 3.87. The van der Waals surface area contributed by atoms with Crippen LogP contribution in [0, 0.1) is 0 Å². The fourth-order valence-corrected chi connectivity index (χ4v) is 3.03. The van der Waals surface area contributed by atoms with Crippen molar-refractivity contribution >= 4 is 23.4 Å². The van der Waals surface area contributed by atoms with Gasteiger partial charge in [0.2, 0.25) is 0 Å². The van der Waals surface area contributed by atoms with Crippen LogP contribution in [0.4, 0.5) is 0 Å². The van der Waals surface area contributed by atoms with Crippen molar-refractivity contribution < 1.29 is 0 Å². The molecular formula is C12H15ClN4S. The van der Waals surface area contributed by atoms with Crippen molar-refractivity contribution in [2.24, 2.45) is 7.05 Å². The first kappa shape index (κ1) is 13.4. The minimum absolute atomic E-state index is 0.200. The average molecular weight is 283 g/mol. The van der Waals surface area contributed by atoms with Crippen LogP contribution in [0.2, 0.25) is 5.02 Å². The number of halogens is 1. The van der Waals surface area contributed by atoms with E-state index in [2.05, 4.69) is 15.6 Å². The number of nitrogens with zero attached hydrogens (tertiary/aromatic N) is 3. The van der Waals surface area contributed by atoms with E-state index in [1.165, 1.54) is 0 Å². The summed E-state index contributed by atoms with van der Waals surface area (Å²) < 4.78 is 1.79. The third-order valence-electron chi connectivity index (χ3n) is 2.70. The van der Waals surface area contributed by atoms with Crippen LogP contribution in [0.15, 0.2) is 35.4 Å². The Morgan fingerprint density at radius 1 is 1.44 bits per heavy atom. The molecule has 0 radical (unpaired) electrons. The van der Waals surface area contributed by atoms with E-state index in [9.17, 15) is 0 Å². The Morgan fingerprint density at radius 3 is 2.83 bits per heavy atom. The summed E-state index contributed by atoms with van der Waals surface area (Å²) in [5, 5.41) is 11.9. The summed E-state index contributed by atoms with van der Waals surface area (Å²) in [7, 11) is 3.83. The summed E-state index contributed by atoms with van der Waals surface area (Å²) in [5.41, 5.74) is 1.07. The molecule has 4 nitrogen and oxygen atoms in total. The molecule has 1 atom stereocenters. The first-order valence-corrected chi connectivity index (χ1v) is 6.98. The molecule has 2 rings (SSSR count). The Labute approximate surface area is 116 Å². The van der Waals surface area contributed by atoms with Gasteiger partial charge in [-0.1, -0.05) is 28.9 Å². The molecule has 0 saturated carbocycles. The maximum Gasteiger partial charge on any atom is 0.0761 e. The Hall–Kier alpha value is -1.04. The van der Waals surface area contributed by atoms with Crippen molar-refractivity contribution in [1.82, 2.24) is 20.3 Å². The topological polar surface area (TPSA) is 42.7 Å². The number of nitrogens with one attached hydrogen (secondary N) is 1. The van der Waals surface area contributed by atoms with Gasteiger partial charge in [0.25, 0.3) is 0 Å². The highest BCUT2D eigenvalue weighted by Gasteiger charge is 2.14. The van der Waals surface area contributed by atoms with Gasteiger partial charge in [0, 0.05) is 17.7 Å². The van der Waals surface area contributed by atoms with E-state index in [1.807, 2.05) is 38.4 Å². The lowest BCUT2D eigenvalue weighted by Gasteiger charge is -2.15. The second kappa shape index (κ2) is 6.22. The quantitative estimate of drug-likeness (QED) is 0.856. The van der Waals surface area contributed by atoms with Crippen LogP contribution in [-0.4, -0.2) is 27.8 Å². The third-order valence-corrected chi connectivity index (χ3v) is 4.31. The van der Waals surface area contributed by atoms with Crippen molar-refractivity contribution in [3.05, 3.63) is 41.2 Å². The van der Waals surface area contributed by atoms with Gasteiger partial charge in [-0.2, -0.15) is 0 Å². The molecule has 1 unspecified atom stereocenters. The highest BCUT2D eigenvalue weighted by molar-refractivity contribution is 7.99. The maximum atomic E-state index is 6.14. The zero-order valence-electron chi connectivity index (χ0n) is 10.3. The molecule has 96 valence electrons.